The molecular formula is C12H11ClN2O2. The highest BCUT2D eigenvalue weighted by Crippen LogP contribution is 2.22. The van der Waals surface area contributed by atoms with Gasteiger partial charge in [-0.1, -0.05) is 35.0 Å². The third kappa shape index (κ3) is 2.17. The number of carbonyl (C=O) groups is 1. The number of rotatable bonds is 2. The van der Waals surface area contributed by atoms with Crippen molar-refractivity contribution in [2.45, 2.75) is 13.3 Å². The zero-order valence-electron chi connectivity index (χ0n) is 9.22. The summed E-state index contributed by atoms with van der Waals surface area (Å²) in [6.07, 6.45) is 2.03. The molecule has 1 aromatic heterocycles. The molecule has 0 spiro atoms. The molecule has 0 aliphatic rings. The van der Waals surface area contributed by atoms with E-state index in [4.69, 9.17) is 16.8 Å². The molecule has 5 heteroatoms. The molecule has 4 nitrogen and oxygen atoms in total. The van der Waals surface area contributed by atoms with Crippen molar-refractivity contribution in [1.29, 1.82) is 0 Å². The topological polar surface area (TPSA) is 54.6 Å². The predicted molar refractivity (Wildman–Crippen MR) is 67.0 cm³/mol. The molecule has 0 bridgehead atoms. The van der Waals surface area contributed by atoms with Crippen molar-refractivity contribution in [3.8, 4) is 0 Å². The first-order valence-electron chi connectivity index (χ1n) is 5.10. The number of hydrogen-bond acceptors (Lipinski definition) is 3. The number of carbonyl (C=O) groups excluding carboxylic acids is 1. The lowest BCUT2D eigenvalue weighted by Crippen LogP contribution is -2.03. The first-order chi connectivity index (χ1) is 8.13. The Balaban J connectivity index is 2.60. The number of oxime groups is 1. The summed E-state index contributed by atoms with van der Waals surface area (Å²) in [5.74, 6) is -0.0653. The summed E-state index contributed by atoms with van der Waals surface area (Å²) in [6.45, 7) is 1.50. The van der Waals surface area contributed by atoms with Crippen LogP contribution in [0.25, 0.3) is 10.9 Å². The number of benzene rings is 1. The van der Waals surface area contributed by atoms with Gasteiger partial charge in [-0.25, -0.2) is 0 Å². The van der Waals surface area contributed by atoms with Gasteiger partial charge in [0.2, 0.25) is 5.91 Å². The zero-order valence-corrected chi connectivity index (χ0v) is 9.98. The third-order valence-electron chi connectivity index (χ3n) is 2.58. The van der Waals surface area contributed by atoms with Crippen molar-refractivity contribution < 1.29 is 10.0 Å². The van der Waals surface area contributed by atoms with Crippen LogP contribution in [0.1, 0.15) is 17.3 Å². The van der Waals surface area contributed by atoms with Gasteiger partial charge in [-0.05, 0) is 11.6 Å². The van der Waals surface area contributed by atoms with Crippen LogP contribution < -0.4 is 0 Å². The van der Waals surface area contributed by atoms with Crippen LogP contribution in [-0.2, 0) is 6.42 Å². The van der Waals surface area contributed by atoms with Gasteiger partial charge in [0.25, 0.3) is 0 Å². The number of fused-ring (bicyclic) bond motifs is 1. The molecule has 1 N–H and O–H groups in total. The second-order valence-corrected chi connectivity index (χ2v) is 4.15. The van der Waals surface area contributed by atoms with Crippen LogP contribution in [0.2, 0.25) is 0 Å². The van der Waals surface area contributed by atoms with E-state index < -0.39 is 0 Å². The molecule has 0 atom stereocenters. The lowest BCUT2D eigenvalue weighted by Gasteiger charge is -1.97. The summed E-state index contributed by atoms with van der Waals surface area (Å²) >= 11 is 5.69. The van der Waals surface area contributed by atoms with Crippen LogP contribution in [0, 0.1) is 0 Å². The minimum atomic E-state index is -0.0653. The maximum atomic E-state index is 11.5. The highest BCUT2D eigenvalue weighted by Gasteiger charge is 2.11. The van der Waals surface area contributed by atoms with E-state index in [0.29, 0.717) is 6.42 Å². The smallest absolute Gasteiger partial charge is 0.227 e. The van der Waals surface area contributed by atoms with Crippen LogP contribution in [0.3, 0.4) is 0 Å². The molecule has 88 valence electrons. The number of nitrogens with zero attached hydrogens (tertiary/aromatic N) is 2. The van der Waals surface area contributed by atoms with Crippen molar-refractivity contribution >= 4 is 33.6 Å². The Labute approximate surface area is 103 Å². The van der Waals surface area contributed by atoms with E-state index in [1.165, 1.54) is 6.92 Å². The lowest BCUT2D eigenvalue weighted by molar-refractivity contribution is 0.0941. The summed E-state index contributed by atoms with van der Waals surface area (Å²) in [5, 5.41) is 12.5. The second kappa shape index (κ2) is 4.59. The van der Waals surface area contributed by atoms with Crippen molar-refractivity contribution in [3.05, 3.63) is 36.0 Å². The van der Waals surface area contributed by atoms with Gasteiger partial charge in [0, 0.05) is 24.9 Å². The molecule has 0 fully saturated rings. The van der Waals surface area contributed by atoms with E-state index >= 15 is 0 Å². The molecule has 0 unspecified atom stereocenters. The summed E-state index contributed by atoms with van der Waals surface area (Å²) in [6, 6.07) is 7.53. The third-order valence-corrected chi connectivity index (χ3v) is 2.79. The fraction of sp³-hybridized carbons (Fsp3) is 0.167. The Bertz CT molecular complexity index is 602. The molecule has 0 amide bonds. The molecule has 0 aliphatic heterocycles. The fourth-order valence-electron chi connectivity index (χ4n) is 1.84. The monoisotopic (exact) mass is 250 g/mol. The quantitative estimate of drug-likeness (QED) is 0.506. The van der Waals surface area contributed by atoms with Gasteiger partial charge in [-0.3, -0.25) is 9.36 Å². The second-order valence-electron chi connectivity index (χ2n) is 3.71. The molecule has 2 aromatic rings. The van der Waals surface area contributed by atoms with Gasteiger partial charge in [0.1, 0.15) is 5.17 Å². The van der Waals surface area contributed by atoms with Crippen molar-refractivity contribution in [1.82, 2.24) is 4.57 Å². The van der Waals surface area contributed by atoms with Crippen LogP contribution in [0.15, 0.2) is 35.6 Å². The Morgan fingerprint density at radius 3 is 2.82 bits per heavy atom. The van der Waals surface area contributed by atoms with Gasteiger partial charge >= 0.3 is 0 Å². The molecule has 1 heterocycles. The summed E-state index contributed by atoms with van der Waals surface area (Å²) in [4.78, 5) is 11.5. The minimum Gasteiger partial charge on any atom is -0.410 e. The van der Waals surface area contributed by atoms with Gasteiger partial charge in [0.05, 0.1) is 5.52 Å². The Morgan fingerprint density at radius 1 is 1.47 bits per heavy atom. The van der Waals surface area contributed by atoms with E-state index in [0.717, 1.165) is 16.5 Å². The van der Waals surface area contributed by atoms with E-state index in [-0.39, 0.29) is 11.1 Å². The number of para-hydroxylation sites is 1. The van der Waals surface area contributed by atoms with Crippen molar-refractivity contribution in [2.24, 2.45) is 5.16 Å². The minimum absolute atomic E-state index is 0.0653. The van der Waals surface area contributed by atoms with E-state index in [9.17, 15) is 4.79 Å². The summed E-state index contributed by atoms with van der Waals surface area (Å²) in [7, 11) is 0. The average molecular weight is 251 g/mol. The molecule has 17 heavy (non-hydrogen) atoms. The molecule has 1 aromatic carbocycles. The summed E-state index contributed by atoms with van der Waals surface area (Å²) in [5.41, 5.74) is 1.69. The first-order valence-corrected chi connectivity index (χ1v) is 5.47. The van der Waals surface area contributed by atoms with Crippen LogP contribution in [0.5, 0.6) is 0 Å². The molecule has 0 radical (unpaired) electrons. The van der Waals surface area contributed by atoms with E-state index in [1.807, 2.05) is 24.3 Å². The average Bonchev–Trinajstić information content (AvgIpc) is 2.68. The van der Waals surface area contributed by atoms with Crippen LogP contribution >= 0.6 is 11.6 Å². The van der Waals surface area contributed by atoms with E-state index in [2.05, 4.69) is 5.16 Å². The summed E-state index contributed by atoms with van der Waals surface area (Å²) < 4.78 is 1.56. The normalized spacial score (nSPS) is 12.0. The number of halogens is 1. The largest absolute Gasteiger partial charge is 0.410 e. The number of aromatic nitrogens is 1. The highest BCUT2D eigenvalue weighted by molar-refractivity contribution is 6.65. The highest BCUT2D eigenvalue weighted by atomic mass is 35.5. The van der Waals surface area contributed by atoms with Crippen LogP contribution in [0.4, 0.5) is 0 Å². The van der Waals surface area contributed by atoms with Gasteiger partial charge in [0.15, 0.2) is 0 Å². The molecule has 0 saturated carbocycles. The Kier molecular flexibility index (Phi) is 3.15. The lowest BCUT2D eigenvalue weighted by atomic mass is 10.1. The Hall–Kier alpha value is -1.81. The molecule has 2 rings (SSSR count). The fourth-order valence-corrected chi connectivity index (χ4v) is 1.99. The number of hydrogen-bond donors (Lipinski definition) is 1. The molecule has 0 aliphatic carbocycles. The maximum Gasteiger partial charge on any atom is 0.227 e. The Morgan fingerprint density at radius 2 is 2.18 bits per heavy atom. The molecular weight excluding hydrogens is 240 g/mol. The zero-order chi connectivity index (χ0) is 12.4. The maximum absolute atomic E-state index is 11.5. The first kappa shape index (κ1) is 11.7. The van der Waals surface area contributed by atoms with Gasteiger partial charge < -0.3 is 5.21 Å². The van der Waals surface area contributed by atoms with Gasteiger partial charge in [-0.2, -0.15) is 0 Å². The van der Waals surface area contributed by atoms with Crippen LogP contribution in [-0.4, -0.2) is 20.9 Å². The molecule has 0 saturated heterocycles. The van der Waals surface area contributed by atoms with E-state index in [1.54, 1.807) is 10.8 Å². The standard InChI is InChI=1S/C12H11ClN2O2/c1-8(16)15-7-9(6-12(13)14-17)10-4-2-3-5-11(10)15/h2-5,7,17H,6H2,1H3/b14-12-. The van der Waals surface area contributed by atoms with Crippen molar-refractivity contribution in [2.75, 3.05) is 0 Å². The predicted octanol–water partition coefficient (Wildman–Crippen LogP) is 2.87. The van der Waals surface area contributed by atoms with Gasteiger partial charge in [-0.15, -0.1) is 0 Å². The SMILES string of the molecule is CC(=O)n1cc(C/C(Cl)=N/O)c2ccccc21. The van der Waals surface area contributed by atoms with Crippen molar-refractivity contribution in [3.63, 3.8) is 0 Å².